The van der Waals surface area contributed by atoms with Crippen LogP contribution in [0.5, 0.6) is 0 Å². The Morgan fingerprint density at radius 2 is 1.04 bits per heavy atom. The molecule has 0 unspecified atom stereocenters. The van der Waals surface area contributed by atoms with Gasteiger partial charge in [-0.15, -0.1) is 0 Å². The summed E-state index contributed by atoms with van der Waals surface area (Å²) in [5, 5.41) is 4.76. The van der Waals surface area contributed by atoms with Gasteiger partial charge >= 0.3 is 0 Å². The fraction of sp³-hybridized carbons (Fsp3) is 0.0566. The fourth-order valence-corrected chi connectivity index (χ4v) is 8.95. The van der Waals surface area contributed by atoms with E-state index in [4.69, 9.17) is 14.4 Å². The maximum Gasteiger partial charge on any atom is 0.160 e. The van der Waals surface area contributed by atoms with Gasteiger partial charge in [-0.2, -0.15) is 0 Å². The second-order valence-corrected chi connectivity index (χ2v) is 15.3. The Morgan fingerprint density at radius 3 is 1.91 bits per heavy atom. The van der Waals surface area contributed by atoms with Crippen molar-refractivity contribution in [1.82, 2.24) is 9.97 Å². The predicted octanol–water partition coefficient (Wildman–Crippen LogP) is 14.2. The number of hydrogen-bond donors (Lipinski definition) is 0. The summed E-state index contributed by atoms with van der Waals surface area (Å²) < 4.78 is 6.26. The molecule has 1 aliphatic rings. The fourth-order valence-electron chi connectivity index (χ4n) is 8.95. The maximum atomic E-state index is 6.26. The van der Waals surface area contributed by atoms with Gasteiger partial charge in [0.2, 0.25) is 0 Å². The van der Waals surface area contributed by atoms with E-state index in [9.17, 15) is 0 Å². The van der Waals surface area contributed by atoms with Crippen molar-refractivity contribution in [1.29, 1.82) is 0 Å². The molecule has 0 saturated carbocycles. The van der Waals surface area contributed by atoms with E-state index in [0.29, 0.717) is 5.82 Å². The minimum absolute atomic E-state index is 0.139. The highest BCUT2D eigenvalue weighted by Crippen LogP contribution is 2.54. The van der Waals surface area contributed by atoms with Gasteiger partial charge in [0.05, 0.1) is 11.4 Å². The zero-order chi connectivity index (χ0) is 37.4. The van der Waals surface area contributed by atoms with Gasteiger partial charge < -0.3 is 4.42 Å². The van der Waals surface area contributed by atoms with Crippen LogP contribution >= 0.6 is 0 Å². The topological polar surface area (TPSA) is 38.9 Å². The highest BCUT2D eigenvalue weighted by molar-refractivity contribution is 6.12. The van der Waals surface area contributed by atoms with Crippen molar-refractivity contribution in [3.8, 4) is 67.3 Å². The van der Waals surface area contributed by atoms with E-state index in [1.54, 1.807) is 0 Å². The average Bonchev–Trinajstić information content (AvgIpc) is 3.75. The van der Waals surface area contributed by atoms with Crippen LogP contribution in [-0.2, 0) is 5.41 Å². The zero-order valence-electron chi connectivity index (χ0n) is 31.1. The molecule has 11 rings (SSSR count). The Hall–Kier alpha value is -7.10. The van der Waals surface area contributed by atoms with Crippen molar-refractivity contribution in [3.05, 3.63) is 193 Å². The van der Waals surface area contributed by atoms with Crippen LogP contribution < -0.4 is 0 Å². The van der Waals surface area contributed by atoms with Crippen molar-refractivity contribution in [2.75, 3.05) is 0 Å². The lowest BCUT2D eigenvalue weighted by atomic mass is 9.81. The molecule has 0 saturated heterocycles. The van der Waals surface area contributed by atoms with Crippen LogP contribution in [0.2, 0.25) is 0 Å². The van der Waals surface area contributed by atoms with Crippen LogP contribution in [0.15, 0.2) is 186 Å². The third-order valence-corrected chi connectivity index (χ3v) is 11.7. The van der Waals surface area contributed by atoms with E-state index in [1.165, 1.54) is 38.6 Å². The molecule has 3 nitrogen and oxygen atoms in total. The first-order valence-corrected chi connectivity index (χ1v) is 19.2. The number of rotatable bonds is 5. The molecule has 10 aromatic rings. The Morgan fingerprint density at radius 1 is 0.411 bits per heavy atom. The monoisotopic (exact) mass is 716 g/mol. The number of nitrogens with zero attached hydrogens (tertiary/aromatic N) is 2. The molecule has 0 spiro atoms. The van der Waals surface area contributed by atoms with Crippen LogP contribution in [0.25, 0.3) is 100.0 Å². The summed E-state index contributed by atoms with van der Waals surface area (Å²) in [4.78, 5) is 10.6. The minimum Gasteiger partial charge on any atom is -0.456 e. The number of furan rings is 1. The van der Waals surface area contributed by atoms with Gasteiger partial charge in [0, 0.05) is 32.9 Å². The van der Waals surface area contributed by atoms with E-state index in [0.717, 1.165) is 66.7 Å². The van der Waals surface area contributed by atoms with Crippen molar-refractivity contribution in [3.63, 3.8) is 0 Å². The Kier molecular flexibility index (Phi) is 7.20. The average molecular weight is 717 g/mol. The number of benzene rings is 8. The standard InChI is InChI=1S/C53H36N2O/c1-53(2)44-26-13-25-41(50(44)43-30-34-17-6-7-18-35(34)31-45(43)53)39-21-8-9-22-40(39)47-32-46(54-52(55-47)33-15-4-3-5-16-33)37-20-12-19-36(29-37)38-24-14-28-49-51(38)42-23-10-11-27-48(42)56-49/h3-32H,1-2H3. The minimum atomic E-state index is -0.139. The summed E-state index contributed by atoms with van der Waals surface area (Å²) in [6.45, 7) is 4.71. The first-order chi connectivity index (χ1) is 27.5. The summed E-state index contributed by atoms with van der Waals surface area (Å²) in [5.74, 6) is 0.692. The van der Waals surface area contributed by atoms with E-state index in [1.807, 2.05) is 36.4 Å². The molecule has 0 fully saturated rings. The lowest BCUT2D eigenvalue weighted by Gasteiger charge is -2.22. The molecule has 0 aliphatic heterocycles. The SMILES string of the molecule is CC1(C)c2cc3ccccc3cc2-c2c(-c3ccccc3-c3cc(-c4cccc(-c5cccc6oc7ccccc7c56)c4)nc(-c4ccccc4)n3)cccc21. The third-order valence-electron chi connectivity index (χ3n) is 11.7. The molecule has 264 valence electrons. The lowest BCUT2D eigenvalue weighted by molar-refractivity contribution is 0.661. The van der Waals surface area contributed by atoms with Crippen molar-refractivity contribution >= 4 is 32.7 Å². The summed E-state index contributed by atoms with van der Waals surface area (Å²) in [5.41, 5.74) is 16.4. The first kappa shape index (κ1) is 32.3. The second-order valence-electron chi connectivity index (χ2n) is 15.3. The third kappa shape index (κ3) is 5.05. The van der Waals surface area contributed by atoms with Gasteiger partial charge in [-0.1, -0.05) is 159 Å². The van der Waals surface area contributed by atoms with Gasteiger partial charge in [-0.3, -0.25) is 0 Å². The summed E-state index contributed by atoms with van der Waals surface area (Å²) >= 11 is 0. The van der Waals surface area contributed by atoms with Crippen molar-refractivity contribution < 1.29 is 4.42 Å². The molecule has 2 heterocycles. The highest BCUT2D eigenvalue weighted by Gasteiger charge is 2.37. The smallest absolute Gasteiger partial charge is 0.160 e. The van der Waals surface area contributed by atoms with Crippen LogP contribution in [0.4, 0.5) is 0 Å². The summed E-state index contributed by atoms with van der Waals surface area (Å²) in [6.07, 6.45) is 0. The molecule has 2 aromatic heterocycles. The van der Waals surface area contributed by atoms with Crippen molar-refractivity contribution in [2.45, 2.75) is 19.3 Å². The Balaban J connectivity index is 1.10. The number of aromatic nitrogens is 2. The molecule has 1 aliphatic carbocycles. The van der Waals surface area contributed by atoms with Gasteiger partial charge in [0.15, 0.2) is 5.82 Å². The van der Waals surface area contributed by atoms with Gasteiger partial charge in [0.25, 0.3) is 0 Å². The Bertz CT molecular complexity index is 3170. The lowest BCUT2D eigenvalue weighted by Crippen LogP contribution is -2.14. The molecule has 0 radical (unpaired) electrons. The van der Waals surface area contributed by atoms with Gasteiger partial charge in [-0.05, 0) is 91.7 Å². The molecular weight excluding hydrogens is 681 g/mol. The van der Waals surface area contributed by atoms with Crippen LogP contribution in [0.1, 0.15) is 25.0 Å². The molecule has 0 bridgehead atoms. The highest BCUT2D eigenvalue weighted by atomic mass is 16.3. The summed E-state index contributed by atoms with van der Waals surface area (Å²) in [6, 6.07) is 64.7. The van der Waals surface area contributed by atoms with Crippen molar-refractivity contribution in [2.24, 2.45) is 0 Å². The molecule has 8 aromatic carbocycles. The van der Waals surface area contributed by atoms with Crippen LogP contribution in [-0.4, -0.2) is 9.97 Å². The molecule has 0 N–H and O–H groups in total. The molecule has 0 amide bonds. The van der Waals surface area contributed by atoms with E-state index >= 15 is 0 Å². The van der Waals surface area contributed by atoms with E-state index < -0.39 is 0 Å². The van der Waals surface area contributed by atoms with Crippen LogP contribution in [0.3, 0.4) is 0 Å². The molecule has 0 atom stereocenters. The first-order valence-electron chi connectivity index (χ1n) is 19.2. The largest absolute Gasteiger partial charge is 0.456 e. The quantitative estimate of drug-likeness (QED) is 0.178. The zero-order valence-corrected chi connectivity index (χ0v) is 31.1. The number of fused-ring (bicyclic) bond motifs is 7. The summed E-state index contributed by atoms with van der Waals surface area (Å²) in [7, 11) is 0. The van der Waals surface area contributed by atoms with E-state index in [-0.39, 0.29) is 5.41 Å². The predicted molar refractivity (Wildman–Crippen MR) is 232 cm³/mol. The normalized spacial score (nSPS) is 13.0. The second kappa shape index (κ2) is 12.5. The Labute approximate surface area is 325 Å². The maximum absolute atomic E-state index is 6.26. The molecule has 3 heteroatoms. The molecule has 56 heavy (non-hydrogen) atoms. The van der Waals surface area contributed by atoms with E-state index in [2.05, 4.69) is 159 Å². The molecular formula is C53H36N2O. The van der Waals surface area contributed by atoms with Gasteiger partial charge in [-0.25, -0.2) is 9.97 Å². The van der Waals surface area contributed by atoms with Gasteiger partial charge in [0.1, 0.15) is 11.2 Å². The van der Waals surface area contributed by atoms with Crippen LogP contribution in [0, 0.1) is 0 Å². The number of hydrogen-bond acceptors (Lipinski definition) is 3. The number of para-hydroxylation sites is 1.